The molecule has 3 radical (unpaired) electrons. The van der Waals surface area contributed by atoms with Gasteiger partial charge in [0.05, 0.1) is 0 Å². The average molecular weight is 342 g/mol. The molecule has 4 heavy (non-hydrogen) atoms. The Labute approximate surface area is 112 Å². The van der Waals surface area contributed by atoms with Gasteiger partial charge in [-0.1, -0.05) is 0 Å². The Hall–Kier alpha value is 3.70. The Morgan fingerprint density at radius 3 is 1.00 bits per heavy atom. The Balaban J connectivity index is 0. The van der Waals surface area contributed by atoms with E-state index >= 15 is 0 Å². The van der Waals surface area contributed by atoms with Crippen molar-refractivity contribution in [2.45, 2.75) is 0 Å². The van der Waals surface area contributed by atoms with Gasteiger partial charge >= 0.3 is 45.5 Å². The van der Waals surface area contributed by atoms with Crippen LogP contribution in [0.2, 0.25) is 0 Å². The summed E-state index contributed by atoms with van der Waals surface area (Å²) in [5, 5.41) is 0. The molecule has 0 aromatic carbocycles. The average Bonchev–Trinajstić information content (AvgIpc) is 0. The Morgan fingerprint density at radius 1 is 1.00 bits per heavy atom. The van der Waals surface area contributed by atoms with Gasteiger partial charge in [0.15, 0.2) is 0 Å². The van der Waals surface area contributed by atoms with Crippen molar-refractivity contribution in [1.29, 1.82) is 0 Å². The second-order valence-corrected chi connectivity index (χ2v) is 0. The summed E-state index contributed by atoms with van der Waals surface area (Å²) in [4.78, 5) is 0. The molecule has 0 amide bonds. The normalized spacial score (nSPS) is 0. The summed E-state index contributed by atoms with van der Waals surface area (Å²) < 4.78 is 0. The first-order valence-corrected chi connectivity index (χ1v) is 0. The van der Waals surface area contributed by atoms with Crippen LogP contribution in [0.15, 0.2) is 0 Å². The SMILES string of the molecule is [Co].[La].[Mn].[SrH2]. The summed E-state index contributed by atoms with van der Waals surface area (Å²) in [7, 11) is 0. The minimum atomic E-state index is 0. The topological polar surface area (TPSA) is 0 Å². The van der Waals surface area contributed by atoms with Gasteiger partial charge in [0, 0.05) is 69.4 Å². The Kier molecular flexibility index (Phi) is 100. The molecule has 0 saturated heterocycles. The standard InChI is InChI=1S/Co.La.Mn.Sr.2H. The predicted molar refractivity (Wildman–Crippen MR) is 8.54 cm³/mol. The van der Waals surface area contributed by atoms with Crippen LogP contribution in [0.4, 0.5) is 0 Å². The van der Waals surface area contributed by atoms with Gasteiger partial charge in [-0.3, -0.25) is 0 Å². The Morgan fingerprint density at radius 2 is 1.00 bits per heavy atom. The molecule has 0 aliphatic carbocycles. The van der Waals surface area contributed by atoms with Crippen LogP contribution < -0.4 is 0 Å². The van der Waals surface area contributed by atoms with E-state index in [0.717, 1.165) is 0 Å². The molecule has 4 heteroatoms. The molecule has 0 aliphatic heterocycles. The monoisotopic (exact) mass is 343 g/mol. The molecule has 0 nitrogen and oxygen atoms in total. The zero-order valence-corrected chi connectivity index (χ0v) is 7.14. The van der Waals surface area contributed by atoms with Gasteiger partial charge in [0.2, 0.25) is 0 Å². The van der Waals surface area contributed by atoms with E-state index in [9.17, 15) is 0 Å². The summed E-state index contributed by atoms with van der Waals surface area (Å²) in [5.41, 5.74) is 0. The van der Waals surface area contributed by atoms with E-state index in [1.807, 2.05) is 0 Å². The summed E-state index contributed by atoms with van der Waals surface area (Å²) in [6.45, 7) is 0. The molecule has 0 bridgehead atoms. The summed E-state index contributed by atoms with van der Waals surface area (Å²) in [6.07, 6.45) is 0. The zero-order valence-electron chi connectivity index (χ0n) is 1.29. The third-order valence-electron chi connectivity index (χ3n) is 0. The molecule has 0 heterocycles. The number of rotatable bonds is 0. The number of hydrogen-bond acceptors (Lipinski definition) is 0. The Bertz CT molecular complexity index is 8.00. The zero-order chi connectivity index (χ0) is 0. The second-order valence-electron chi connectivity index (χ2n) is 0. The maximum absolute atomic E-state index is 0. The molecule has 0 aromatic heterocycles. The fourth-order valence-electron chi connectivity index (χ4n) is 0. The van der Waals surface area contributed by atoms with Gasteiger partial charge in [0.25, 0.3) is 0 Å². The van der Waals surface area contributed by atoms with Crippen molar-refractivity contribution in [3.63, 3.8) is 0 Å². The first-order chi connectivity index (χ1) is 0. The van der Waals surface area contributed by atoms with Gasteiger partial charge < -0.3 is 0 Å². The fourth-order valence-corrected chi connectivity index (χ4v) is 0. The molecule has 0 rings (SSSR count). The molecular formula is H2CoLaMnSr. The van der Waals surface area contributed by atoms with Gasteiger partial charge in [-0.2, -0.15) is 0 Å². The summed E-state index contributed by atoms with van der Waals surface area (Å²) >= 11 is 0. The van der Waals surface area contributed by atoms with Crippen LogP contribution in [0.25, 0.3) is 0 Å². The van der Waals surface area contributed by atoms with Crippen LogP contribution in [-0.2, 0) is 33.8 Å². The molecule has 0 unspecified atom stereocenters. The molecule has 23 valence electrons. The van der Waals surface area contributed by atoms with Crippen LogP contribution in [0.3, 0.4) is 0 Å². The quantitative estimate of drug-likeness (QED) is 0.500. The van der Waals surface area contributed by atoms with Gasteiger partial charge in [-0.05, 0) is 0 Å². The molecule has 0 aromatic rings. The first-order valence-electron chi connectivity index (χ1n) is 0. The van der Waals surface area contributed by atoms with E-state index in [1.54, 1.807) is 0 Å². The molecule has 0 saturated carbocycles. The molecule has 0 aliphatic rings. The van der Waals surface area contributed by atoms with Crippen molar-refractivity contribution in [3.05, 3.63) is 0 Å². The van der Waals surface area contributed by atoms with Gasteiger partial charge in [0.1, 0.15) is 0 Å². The summed E-state index contributed by atoms with van der Waals surface area (Å²) in [5.74, 6) is 0. The molecule has 0 spiro atoms. The summed E-state index contributed by atoms with van der Waals surface area (Å²) in [6, 6.07) is 0. The van der Waals surface area contributed by atoms with Crippen LogP contribution in [0.1, 0.15) is 0 Å². The van der Waals surface area contributed by atoms with E-state index < -0.39 is 0 Å². The van der Waals surface area contributed by atoms with Crippen molar-refractivity contribution >= 4 is 45.5 Å². The van der Waals surface area contributed by atoms with Crippen molar-refractivity contribution in [3.8, 4) is 0 Å². The molecule has 0 N–H and O–H groups in total. The van der Waals surface area contributed by atoms with Crippen molar-refractivity contribution < 1.29 is 69.4 Å². The van der Waals surface area contributed by atoms with Gasteiger partial charge in [-0.15, -0.1) is 0 Å². The van der Waals surface area contributed by atoms with E-state index in [-0.39, 0.29) is 115 Å². The van der Waals surface area contributed by atoms with Crippen LogP contribution in [0.5, 0.6) is 0 Å². The fraction of sp³-hybridized carbons (Fsp3) is 0. The predicted octanol–water partition coefficient (Wildman–Crippen LogP) is -0.921. The van der Waals surface area contributed by atoms with Gasteiger partial charge in [-0.25, -0.2) is 0 Å². The van der Waals surface area contributed by atoms with Crippen molar-refractivity contribution in [2.75, 3.05) is 0 Å². The van der Waals surface area contributed by atoms with Crippen molar-refractivity contribution in [1.82, 2.24) is 0 Å². The first kappa shape index (κ1) is 25.2. The van der Waals surface area contributed by atoms with Crippen LogP contribution >= 0.6 is 0 Å². The number of hydrogen-bond donors (Lipinski definition) is 0. The second kappa shape index (κ2) is 15.9. The van der Waals surface area contributed by atoms with E-state index in [2.05, 4.69) is 0 Å². The van der Waals surface area contributed by atoms with Crippen molar-refractivity contribution in [2.24, 2.45) is 0 Å². The molecule has 0 fully saturated rings. The van der Waals surface area contributed by atoms with Crippen LogP contribution in [-0.4, -0.2) is 45.5 Å². The molecular weight excluding hydrogens is 340 g/mol. The van der Waals surface area contributed by atoms with Crippen LogP contribution in [0, 0.1) is 35.6 Å². The maximum atomic E-state index is 0. The third kappa shape index (κ3) is 9.20. The van der Waals surface area contributed by atoms with E-state index in [1.165, 1.54) is 0 Å². The van der Waals surface area contributed by atoms with E-state index in [4.69, 9.17) is 0 Å². The third-order valence-corrected chi connectivity index (χ3v) is 0. The minimum absolute atomic E-state index is 0. The molecule has 0 atom stereocenters. The van der Waals surface area contributed by atoms with E-state index in [0.29, 0.717) is 0 Å².